The van der Waals surface area contributed by atoms with Gasteiger partial charge in [0.1, 0.15) is 0 Å². The first-order valence-electron chi connectivity index (χ1n) is 8.03. The molecule has 7 nitrogen and oxygen atoms in total. The third-order valence-corrected chi connectivity index (χ3v) is 6.19. The van der Waals surface area contributed by atoms with Gasteiger partial charge in [-0.2, -0.15) is 0 Å². The monoisotopic (exact) mass is 500 g/mol. The lowest BCUT2D eigenvalue weighted by Gasteiger charge is -2.13. The van der Waals surface area contributed by atoms with Crippen LogP contribution in [0.5, 0.6) is 0 Å². The maximum Gasteiger partial charge on any atom is 0.222 e. The molecule has 1 aliphatic heterocycles. The standard InChI is InChI=1S/C15H24N4O3S2.HI/c1-2-16-15(18-10-13-4-3-8-23-13)17-7-5-14(20)19-12-6-9-24(21,22)11-12;/h3-4,8,12H,2,5-7,9-11H2,1H3,(H,19,20)(H2,16,17,18);1H. The van der Waals surface area contributed by atoms with E-state index in [0.29, 0.717) is 25.5 Å². The lowest BCUT2D eigenvalue weighted by molar-refractivity contribution is -0.121. The normalized spacial score (nSPS) is 19.1. The first-order chi connectivity index (χ1) is 11.5. The van der Waals surface area contributed by atoms with E-state index in [1.807, 2.05) is 24.4 Å². The van der Waals surface area contributed by atoms with Crippen molar-refractivity contribution in [1.82, 2.24) is 16.0 Å². The zero-order valence-electron chi connectivity index (χ0n) is 14.2. The topological polar surface area (TPSA) is 99.7 Å². The number of carbonyl (C=O) groups is 1. The van der Waals surface area contributed by atoms with Crippen LogP contribution >= 0.6 is 35.3 Å². The molecule has 1 unspecified atom stereocenters. The molecule has 0 aliphatic carbocycles. The molecule has 0 saturated carbocycles. The number of hydrogen-bond donors (Lipinski definition) is 3. The predicted molar refractivity (Wildman–Crippen MR) is 112 cm³/mol. The molecule has 2 heterocycles. The van der Waals surface area contributed by atoms with E-state index in [2.05, 4.69) is 20.9 Å². The van der Waals surface area contributed by atoms with Gasteiger partial charge in [-0.1, -0.05) is 6.07 Å². The minimum atomic E-state index is -2.97. The van der Waals surface area contributed by atoms with Gasteiger partial charge in [0.25, 0.3) is 0 Å². The van der Waals surface area contributed by atoms with Crippen molar-refractivity contribution in [1.29, 1.82) is 0 Å². The van der Waals surface area contributed by atoms with Crippen molar-refractivity contribution >= 4 is 57.0 Å². The summed E-state index contributed by atoms with van der Waals surface area (Å²) in [7, 11) is -2.97. The van der Waals surface area contributed by atoms with Crippen LogP contribution in [0.1, 0.15) is 24.6 Å². The molecule has 1 aromatic rings. The summed E-state index contributed by atoms with van der Waals surface area (Å²) in [5.74, 6) is 0.744. The Kier molecular flexibility index (Phi) is 9.72. The summed E-state index contributed by atoms with van der Waals surface area (Å²) < 4.78 is 22.8. The molecule has 10 heteroatoms. The van der Waals surface area contributed by atoms with Gasteiger partial charge >= 0.3 is 0 Å². The van der Waals surface area contributed by atoms with Crippen LogP contribution in [0.15, 0.2) is 22.5 Å². The van der Waals surface area contributed by atoms with E-state index in [1.165, 1.54) is 4.88 Å². The van der Waals surface area contributed by atoms with E-state index < -0.39 is 9.84 Å². The molecular formula is C15H25IN4O3S2. The fraction of sp³-hybridized carbons (Fsp3) is 0.600. The van der Waals surface area contributed by atoms with Gasteiger partial charge in [0.15, 0.2) is 15.8 Å². The highest BCUT2D eigenvalue weighted by atomic mass is 127. The molecular weight excluding hydrogens is 475 g/mol. The average Bonchev–Trinajstić information content (AvgIpc) is 3.14. The molecule has 1 aliphatic rings. The number of guanidine groups is 1. The minimum absolute atomic E-state index is 0. The van der Waals surface area contributed by atoms with Crippen LogP contribution in [0.25, 0.3) is 0 Å². The number of nitrogens with one attached hydrogen (secondary N) is 3. The van der Waals surface area contributed by atoms with Crippen LogP contribution in [0.2, 0.25) is 0 Å². The maximum absolute atomic E-state index is 11.9. The van der Waals surface area contributed by atoms with E-state index >= 15 is 0 Å². The van der Waals surface area contributed by atoms with Crippen molar-refractivity contribution < 1.29 is 13.2 Å². The number of rotatable bonds is 7. The smallest absolute Gasteiger partial charge is 0.222 e. The number of aliphatic imine (C=N–C) groups is 1. The van der Waals surface area contributed by atoms with E-state index in [0.717, 1.165) is 6.54 Å². The summed E-state index contributed by atoms with van der Waals surface area (Å²) in [5, 5.41) is 11.0. The van der Waals surface area contributed by atoms with Gasteiger partial charge in [0, 0.05) is 30.4 Å². The van der Waals surface area contributed by atoms with Gasteiger partial charge < -0.3 is 16.0 Å². The van der Waals surface area contributed by atoms with Gasteiger partial charge in [0.2, 0.25) is 5.91 Å². The van der Waals surface area contributed by atoms with E-state index in [-0.39, 0.29) is 53.9 Å². The Morgan fingerprint density at radius 2 is 2.20 bits per heavy atom. The number of thiophene rings is 1. The number of amides is 1. The third kappa shape index (κ3) is 8.36. The minimum Gasteiger partial charge on any atom is -0.357 e. The fourth-order valence-corrected chi connectivity index (χ4v) is 4.71. The van der Waals surface area contributed by atoms with E-state index in [9.17, 15) is 13.2 Å². The number of sulfone groups is 1. The largest absolute Gasteiger partial charge is 0.357 e. The highest BCUT2D eigenvalue weighted by molar-refractivity contribution is 14.0. The van der Waals surface area contributed by atoms with Crippen LogP contribution in [-0.2, 0) is 21.2 Å². The Morgan fingerprint density at radius 3 is 2.80 bits per heavy atom. The van der Waals surface area contributed by atoms with Crippen LogP contribution in [0.4, 0.5) is 0 Å². The van der Waals surface area contributed by atoms with Crippen molar-refractivity contribution in [3.63, 3.8) is 0 Å². The van der Waals surface area contributed by atoms with Crippen LogP contribution in [0, 0.1) is 0 Å². The van der Waals surface area contributed by atoms with Gasteiger partial charge in [-0.15, -0.1) is 35.3 Å². The molecule has 0 spiro atoms. The molecule has 0 radical (unpaired) electrons. The molecule has 1 saturated heterocycles. The molecule has 1 fully saturated rings. The highest BCUT2D eigenvalue weighted by Gasteiger charge is 2.28. The van der Waals surface area contributed by atoms with Crippen molar-refractivity contribution in [2.45, 2.75) is 32.4 Å². The summed E-state index contributed by atoms with van der Waals surface area (Å²) in [6, 6.07) is 3.77. The maximum atomic E-state index is 11.9. The molecule has 25 heavy (non-hydrogen) atoms. The number of halogens is 1. The quantitative estimate of drug-likeness (QED) is 0.296. The Hall–Kier alpha value is -0.880. The van der Waals surface area contributed by atoms with Gasteiger partial charge in [-0.3, -0.25) is 4.79 Å². The number of carbonyl (C=O) groups excluding carboxylic acids is 1. The Balaban J connectivity index is 0.00000312. The molecule has 1 aromatic heterocycles. The van der Waals surface area contributed by atoms with Crippen molar-refractivity contribution in [2.75, 3.05) is 24.6 Å². The molecule has 1 amide bonds. The first kappa shape index (κ1) is 22.2. The molecule has 0 aromatic carbocycles. The number of nitrogens with zero attached hydrogens (tertiary/aromatic N) is 1. The van der Waals surface area contributed by atoms with Crippen molar-refractivity contribution in [3.05, 3.63) is 22.4 Å². The van der Waals surface area contributed by atoms with Crippen LogP contribution < -0.4 is 16.0 Å². The Bertz CT molecular complexity index is 662. The summed E-state index contributed by atoms with van der Waals surface area (Å²) in [5.41, 5.74) is 0. The second-order valence-electron chi connectivity index (χ2n) is 5.62. The fourth-order valence-electron chi connectivity index (χ4n) is 2.40. The average molecular weight is 500 g/mol. The predicted octanol–water partition coefficient (Wildman–Crippen LogP) is 1.11. The Morgan fingerprint density at radius 1 is 1.40 bits per heavy atom. The molecule has 3 N–H and O–H groups in total. The van der Waals surface area contributed by atoms with Crippen LogP contribution in [0.3, 0.4) is 0 Å². The second kappa shape index (κ2) is 11.0. The van der Waals surface area contributed by atoms with Crippen molar-refractivity contribution in [2.24, 2.45) is 4.99 Å². The number of hydrogen-bond acceptors (Lipinski definition) is 5. The van der Waals surface area contributed by atoms with Crippen LogP contribution in [-0.4, -0.2) is 50.9 Å². The zero-order chi connectivity index (χ0) is 17.4. The van der Waals surface area contributed by atoms with Gasteiger partial charge in [-0.05, 0) is 24.8 Å². The Labute approximate surface area is 170 Å². The molecule has 2 rings (SSSR count). The molecule has 1 atom stereocenters. The zero-order valence-corrected chi connectivity index (χ0v) is 18.1. The summed E-state index contributed by atoms with van der Waals surface area (Å²) in [4.78, 5) is 17.5. The van der Waals surface area contributed by atoms with Gasteiger partial charge in [0.05, 0.1) is 18.1 Å². The SMILES string of the molecule is CCNC(=NCc1cccs1)NCCC(=O)NC1CCS(=O)(=O)C1.I. The van der Waals surface area contributed by atoms with Crippen molar-refractivity contribution in [3.8, 4) is 0 Å². The summed E-state index contributed by atoms with van der Waals surface area (Å²) in [6.07, 6.45) is 0.784. The lowest BCUT2D eigenvalue weighted by Crippen LogP contribution is -2.41. The highest BCUT2D eigenvalue weighted by Crippen LogP contribution is 2.11. The molecule has 0 bridgehead atoms. The lowest BCUT2D eigenvalue weighted by atomic mass is 10.2. The van der Waals surface area contributed by atoms with E-state index in [4.69, 9.17) is 0 Å². The molecule has 142 valence electrons. The van der Waals surface area contributed by atoms with Gasteiger partial charge in [-0.25, -0.2) is 13.4 Å². The van der Waals surface area contributed by atoms with E-state index in [1.54, 1.807) is 11.3 Å². The third-order valence-electron chi connectivity index (χ3n) is 3.56. The first-order valence-corrected chi connectivity index (χ1v) is 10.7. The second-order valence-corrected chi connectivity index (χ2v) is 8.88. The summed E-state index contributed by atoms with van der Waals surface area (Å²) in [6.45, 7) is 3.76. The summed E-state index contributed by atoms with van der Waals surface area (Å²) >= 11 is 1.65.